The zero-order valence-electron chi connectivity index (χ0n) is 13.3. The molecule has 1 amide bonds. The number of aromatic nitrogens is 1. The molecule has 2 aromatic carbocycles. The zero-order chi connectivity index (χ0) is 18.1. The summed E-state index contributed by atoms with van der Waals surface area (Å²) in [6.45, 7) is 0. The molecule has 0 aliphatic heterocycles. The predicted molar refractivity (Wildman–Crippen MR) is 102 cm³/mol. The number of hydrazone groups is 1. The van der Waals surface area contributed by atoms with E-state index in [0.717, 1.165) is 21.2 Å². The number of H-pyrrole nitrogens is 1. The van der Waals surface area contributed by atoms with Gasteiger partial charge in [0.15, 0.2) is 0 Å². The van der Waals surface area contributed by atoms with Crippen LogP contribution in [-0.2, 0) is 0 Å². The van der Waals surface area contributed by atoms with Gasteiger partial charge in [-0.05, 0) is 18.2 Å². The van der Waals surface area contributed by atoms with Crippen LogP contribution < -0.4 is 5.43 Å². The Balaban J connectivity index is 1.52. The number of nitro groups is 1. The Morgan fingerprint density at radius 1 is 1.23 bits per heavy atom. The maximum atomic E-state index is 12.3. The largest absolute Gasteiger partial charge is 0.361 e. The molecule has 7 nitrogen and oxygen atoms in total. The van der Waals surface area contributed by atoms with Crippen molar-refractivity contribution in [2.45, 2.75) is 0 Å². The first kappa shape index (κ1) is 16.0. The molecule has 0 saturated carbocycles. The minimum atomic E-state index is -0.456. The van der Waals surface area contributed by atoms with Crippen LogP contribution in [0.5, 0.6) is 0 Å². The lowest BCUT2D eigenvalue weighted by Gasteiger charge is -1.95. The summed E-state index contributed by atoms with van der Waals surface area (Å²) in [5, 5.41) is 16.5. The molecule has 0 bridgehead atoms. The summed E-state index contributed by atoms with van der Waals surface area (Å²) in [5.41, 5.74) is 4.35. The van der Waals surface area contributed by atoms with Gasteiger partial charge in [0.25, 0.3) is 11.6 Å². The van der Waals surface area contributed by atoms with Crippen LogP contribution in [0.15, 0.2) is 59.8 Å². The molecule has 0 unspecified atom stereocenters. The van der Waals surface area contributed by atoms with E-state index in [2.05, 4.69) is 15.5 Å². The van der Waals surface area contributed by atoms with Gasteiger partial charge in [0, 0.05) is 44.9 Å². The number of rotatable bonds is 4. The van der Waals surface area contributed by atoms with Crippen molar-refractivity contribution in [2.75, 3.05) is 0 Å². The molecule has 2 aromatic heterocycles. The number of thiophene rings is 1. The molecule has 0 fully saturated rings. The second kappa shape index (κ2) is 6.41. The van der Waals surface area contributed by atoms with Crippen LogP contribution in [0.3, 0.4) is 0 Å². The summed E-state index contributed by atoms with van der Waals surface area (Å²) in [6.07, 6.45) is 3.40. The number of benzene rings is 2. The molecule has 0 aliphatic rings. The number of para-hydroxylation sites is 1. The van der Waals surface area contributed by atoms with Crippen LogP contribution in [0.4, 0.5) is 5.69 Å². The van der Waals surface area contributed by atoms with Crippen molar-refractivity contribution >= 4 is 50.1 Å². The first-order valence-corrected chi connectivity index (χ1v) is 8.51. The molecule has 2 N–H and O–H groups in total. The molecule has 0 atom stereocenters. The molecule has 2 heterocycles. The highest BCUT2D eigenvalue weighted by Crippen LogP contribution is 2.28. The fraction of sp³-hybridized carbons (Fsp3) is 0. The zero-order valence-corrected chi connectivity index (χ0v) is 14.1. The van der Waals surface area contributed by atoms with Gasteiger partial charge in [-0.3, -0.25) is 14.9 Å². The minimum Gasteiger partial charge on any atom is -0.361 e. The third-order valence-electron chi connectivity index (χ3n) is 3.93. The molecule has 26 heavy (non-hydrogen) atoms. The Morgan fingerprint density at radius 3 is 2.92 bits per heavy atom. The van der Waals surface area contributed by atoms with Gasteiger partial charge < -0.3 is 4.98 Å². The number of aromatic amines is 1. The number of carbonyl (C=O) groups is 1. The molecule has 0 radical (unpaired) electrons. The maximum absolute atomic E-state index is 12.3. The van der Waals surface area contributed by atoms with E-state index < -0.39 is 4.92 Å². The number of non-ortho nitro benzene ring substituents is 1. The van der Waals surface area contributed by atoms with Gasteiger partial charge in [-0.2, -0.15) is 5.10 Å². The number of nitro benzene ring substituents is 1. The molecular formula is C18H12N4O3S. The first-order chi connectivity index (χ1) is 12.6. The third-order valence-corrected chi connectivity index (χ3v) is 5.04. The van der Waals surface area contributed by atoms with Crippen LogP contribution in [0.1, 0.15) is 15.2 Å². The highest BCUT2D eigenvalue weighted by molar-refractivity contribution is 7.20. The van der Waals surface area contributed by atoms with Gasteiger partial charge in [0.1, 0.15) is 0 Å². The summed E-state index contributed by atoms with van der Waals surface area (Å²) in [4.78, 5) is 26.2. The number of amides is 1. The third kappa shape index (κ3) is 2.93. The Hall–Kier alpha value is -3.52. The fourth-order valence-corrected chi connectivity index (χ4v) is 3.61. The monoisotopic (exact) mass is 364 g/mol. The van der Waals surface area contributed by atoms with Crippen molar-refractivity contribution in [3.63, 3.8) is 0 Å². The van der Waals surface area contributed by atoms with E-state index in [-0.39, 0.29) is 11.6 Å². The van der Waals surface area contributed by atoms with Crippen molar-refractivity contribution in [3.8, 4) is 0 Å². The molecule has 0 spiro atoms. The average molecular weight is 364 g/mol. The Labute approximate surface area is 151 Å². The van der Waals surface area contributed by atoms with E-state index in [4.69, 9.17) is 0 Å². The first-order valence-electron chi connectivity index (χ1n) is 7.69. The van der Waals surface area contributed by atoms with Crippen molar-refractivity contribution < 1.29 is 9.72 Å². The van der Waals surface area contributed by atoms with Crippen molar-refractivity contribution in [2.24, 2.45) is 5.10 Å². The minimum absolute atomic E-state index is 0.000357. The highest BCUT2D eigenvalue weighted by Gasteiger charge is 2.13. The summed E-state index contributed by atoms with van der Waals surface area (Å²) in [7, 11) is 0. The quantitative estimate of drug-likeness (QED) is 0.324. The number of carbonyl (C=O) groups excluding carboxylic acids is 1. The van der Waals surface area contributed by atoms with Crippen LogP contribution in [0, 0.1) is 10.1 Å². The summed E-state index contributed by atoms with van der Waals surface area (Å²) in [6, 6.07) is 14.0. The van der Waals surface area contributed by atoms with E-state index in [0.29, 0.717) is 10.3 Å². The molecule has 8 heteroatoms. The lowest BCUT2D eigenvalue weighted by molar-refractivity contribution is -0.384. The number of nitrogens with zero attached hydrogens (tertiary/aromatic N) is 2. The van der Waals surface area contributed by atoms with E-state index in [1.165, 1.54) is 23.5 Å². The highest BCUT2D eigenvalue weighted by atomic mass is 32.1. The van der Waals surface area contributed by atoms with Gasteiger partial charge in [0.05, 0.1) is 16.0 Å². The molecule has 128 valence electrons. The standard InChI is InChI=1S/C18H12N4O3S/c23-18(17-8-11-7-13(22(24)25)5-6-16(11)26-17)21-20-10-12-9-19-15-4-2-1-3-14(12)15/h1-10,19H,(H,21,23)/b20-10-. The van der Waals surface area contributed by atoms with Crippen molar-refractivity contribution in [1.29, 1.82) is 0 Å². The van der Waals surface area contributed by atoms with Gasteiger partial charge >= 0.3 is 0 Å². The van der Waals surface area contributed by atoms with E-state index in [9.17, 15) is 14.9 Å². The van der Waals surface area contributed by atoms with Gasteiger partial charge in [-0.1, -0.05) is 18.2 Å². The van der Waals surface area contributed by atoms with Crippen LogP contribution in [0.25, 0.3) is 21.0 Å². The molecule has 4 aromatic rings. The van der Waals surface area contributed by atoms with Crippen molar-refractivity contribution in [1.82, 2.24) is 10.4 Å². The summed E-state index contributed by atoms with van der Waals surface area (Å²) < 4.78 is 0.807. The van der Waals surface area contributed by atoms with Gasteiger partial charge in [-0.15, -0.1) is 11.3 Å². The molecular weight excluding hydrogens is 352 g/mol. The SMILES string of the molecule is O=C(N/N=C\c1c[nH]c2ccccc12)c1cc2cc([N+](=O)[O-])ccc2s1. The number of nitrogens with one attached hydrogen (secondary N) is 2. The van der Waals surface area contributed by atoms with Gasteiger partial charge in [-0.25, -0.2) is 5.43 Å². The lowest BCUT2D eigenvalue weighted by Crippen LogP contribution is -2.16. The topological polar surface area (TPSA) is 100 Å². The molecule has 0 aliphatic carbocycles. The second-order valence-electron chi connectivity index (χ2n) is 5.58. The second-order valence-corrected chi connectivity index (χ2v) is 6.66. The predicted octanol–water partition coefficient (Wildman–Crippen LogP) is 4.05. The molecule has 0 saturated heterocycles. The number of hydrogen-bond donors (Lipinski definition) is 2. The van der Waals surface area contributed by atoms with E-state index in [1.54, 1.807) is 18.3 Å². The lowest BCUT2D eigenvalue weighted by atomic mass is 10.2. The average Bonchev–Trinajstić information content (AvgIpc) is 3.25. The Bertz CT molecular complexity index is 1180. The smallest absolute Gasteiger partial charge is 0.281 e. The Kier molecular flexibility index (Phi) is 3.94. The number of fused-ring (bicyclic) bond motifs is 2. The van der Waals surface area contributed by atoms with Crippen LogP contribution in [-0.4, -0.2) is 22.0 Å². The molecule has 4 rings (SSSR count). The normalized spacial score (nSPS) is 11.4. The van der Waals surface area contributed by atoms with Crippen molar-refractivity contribution in [3.05, 3.63) is 75.3 Å². The summed E-state index contributed by atoms with van der Waals surface area (Å²) in [5.74, 6) is -0.357. The van der Waals surface area contributed by atoms with Crippen LogP contribution >= 0.6 is 11.3 Å². The van der Waals surface area contributed by atoms with Gasteiger partial charge in [0.2, 0.25) is 0 Å². The maximum Gasteiger partial charge on any atom is 0.281 e. The Morgan fingerprint density at radius 2 is 2.08 bits per heavy atom. The van der Waals surface area contributed by atoms with Crippen LogP contribution in [0.2, 0.25) is 0 Å². The van der Waals surface area contributed by atoms with E-state index in [1.807, 2.05) is 30.5 Å². The van der Waals surface area contributed by atoms with E-state index >= 15 is 0 Å². The fourth-order valence-electron chi connectivity index (χ4n) is 2.67. The summed E-state index contributed by atoms with van der Waals surface area (Å²) >= 11 is 1.26. The number of hydrogen-bond acceptors (Lipinski definition) is 5.